The van der Waals surface area contributed by atoms with Crippen molar-refractivity contribution in [2.45, 2.75) is 56.3 Å². The Balaban J connectivity index is 1.39. The zero-order valence-electron chi connectivity index (χ0n) is 18.0. The number of anilines is 1. The average Bonchev–Trinajstić information content (AvgIpc) is 2.90. The van der Waals surface area contributed by atoms with Gasteiger partial charge in [-0.05, 0) is 56.3 Å². The summed E-state index contributed by atoms with van der Waals surface area (Å²) >= 11 is 0. The number of halogens is 3. The van der Waals surface area contributed by atoms with E-state index >= 15 is 0 Å². The summed E-state index contributed by atoms with van der Waals surface area (Å²) < 4.78 is 64.7. The Morgan fingerprint density at radius 2 is 1.88 bits per heavy atom. The molecule has 33 heavy (non-hydrogen) atoms. The van der Waals surface area contributed by atoms with Crippen LogP contribution in [-0.2, 0) is 16.0 Å². The first-order valence-corrected chi connectivity index (χ1v) is 13.2. The molecule has 1 aromatic rings. The summed E-state index contributed by atoms with van der Waals surface area (Å²) in [6, 6.07) is -0.120. The number of fused-ring (bicyclic) bond motifs is 1. The molecule has 0 aromatic carbocycles. The fourth-order valence-electron chi connectivity index (χ4n) is 6.37. The predicted octanol–water partition coefficient (Wildman–Crippen LogP) is 2.11. The van der Waals surface area contributed by atoms with Gasteiger partial charge in [-0.2, -0.15) is 13.2 Å². The molecule has 2 N–H and O–H groups in total. The normalized spacial score (nSPS) is 35.3. The molecule has 2 heterocycles. The molecule has 8 nitrogen and oxygen atoms in total. The summed E-state index contributed by atoms with van der Waals surface area (Å²) in [5.74, 6) is -0.831. The minimum Gasteiger partial charge on any atom is -0.390 e. The summed E-state index contributed by atoms with van der Waals surface area (Å²) in [7, 11) is -3.28. The quantitative estimate of drug-likeness (QED) is 0.670. The van der Waals surface area contributed by atoms with Crippen molar-refractivity contribution in [1.29, 1.82) is 0 Å². The van der Waals surface area contributed by atoms with Crippen LogP contribution in [0.5, 0.6) is 0 Å². The van der Waals surface area contributed by atoms with E-state index in [-0.39, 0.29) is 48.4 Å². The molecule has 5 fully saturated rings. The first-order valence-electron chi connectivity index (χ1n) is 11.4. The molecule has 0 spiro atoms. The second-order valence-corrected chi connectivity index (χ2v) is 12.4. The zero-order chi connectivity index (χ0) is 23.6. The molecular formula is C21H27F3N4O4S. The number of carbonyl (C=O) groups is 1. The van der Waals surface area contributed by atoms with Gasteiger partial charge in [0.25, 0.3) is 5.91 Å². The number of rotatable bonds is 3. The second-order valence-electron chi connectivity index (χ2n) is 10.1. The number of nitrogens with one attached hydrogen (secondary N) is 1. The van der Waals surface area contributed by atoms with Crippen LogP contribution in [0.4, 0.5) is 19.1 Å². The van der Waals surface area contributed by atoms with E-state index in [0.717, 1.165) is 36.8 Å². The molecule has 1 saturated heterocycles. The molecule has 1 aromatic heterocycles. The highest BCUT2D eigenvalue weighted by Crippen LogP contribution is 2.53. The van der Waals surface area contributed by atoms with E-state index in [1.807, 2.05) is 0 Å². The van der Waals surface area contributed by atoms with Crippen molar-refractivity contribution in [2.24, 2.45) is 17.8 Å². The third-order valence-corrected chi connectivity index (χ3v) is 9.40. The summed E-state index contributed by atoms with van der Waals surface area (Å²) in [4.78, 5) is 21.6. The minimum atomic E-state index is -4.87. The molecule has 4 bridgehead atoms. The van der Waals surface area contributed by atoms with Crippen LogP contribution in [-0.4, -0.2) is 70.5 Å². The number of amides is 1. The Hall–Kier alpha value is -1.95. The number of nitrogens with zero attached hydrogens (tertiary/aromatic N) is 3. The van der Waals surface area contributed by atoms with E-state index < -0.39 is 38.8 Å². The molecule has 1 aliphatic heterocycles. The van der Waals surface area contributed by atoms with Gasteiger partial charge in [-0.3, -0.25) is 4.79 Å². The van der Waals surface area contributed by atoms with Gasteiger partial charge in [0, 0.05) is 25.3 Å². The highest BCUT2D eigenvalue weighted by atomic mass is 32.2. The minimum absolute atomic E-state index is 0.120. The number of sulfone groups is 1. The fourth-order valence-corrected chi connectivity index (χ4v) is 7.57. The summed E-state index contributed by atoms with van der Waals surface area (Å²) in [5, 5.41) is 14.0. The molecule has 6 rings (SSSR count). The zero-order valence-corrected chi connectivity index (χ0v) is 18.8. The van der Waals surface area contributed by atoms with Gasteiger partial charge >= 0.3 is 6.18 Å². The largest absolute Gasteiger partial charge is 0.434 e. The Labute approximate surface area is 189 Å². The lowest BCUT2D eigenvalue weighted by atomic mass is 9.64. The molecule has 182 valence electrons. The number of carbonyl (C=O) groups excluding carboxylic acids is 1. The van der Waals surface area contributed by atoms with Gasteiger partial charge in [0.15, 0.2) is 15.5 Å². The number of aliphatic hydroxyl groups is 1. The van der Waals surface area contributed by atoms with Crippen molar-refractivity contribution >= 4 is 21.7 Å². The van der Waals surface area contributed by atoms with Crippen LogP contribution in [0.15, 0.2) is 6.20 Å². The van der Waals surface area contributed by atoms with Gasteiger partial charge < -0.3 is 15.3 Å². The molecule has 4 saturated carbocycles. The molecule has 12 heteroatoms. The van der Waals surface area contributed by atoms with E-state index in [1.165, 1.54) is 0 Å². The van der Waals surface area contributed by atoms with Crippen LogP contribution in [0.25, 0.3) is 0 Å². The predicted molar refractivity (Wildman–Crippen MR) is 112 cm³/mol. The number of hydrogen-bond donors (Lipinski definition) is 2. The molecule has 1 amide bonds. The first-order chi connectivity index (χ1) is 15.4. The lowest BCUT2D eigenvalue weighted by Crippen LogP contribution is -2.48. The van der Waals surface area contributed by atoms with E-state index in [1.54, 1.807) is 0 Å². The Morgan fingerprint density at radius 3 is 2.58 bits per heavy atom. The lowest BCUT2D eigenvalue weighted by molar-refractivity contribution is -0.141. The topological polar surface area (TPSA) is 112 Å². The maximum atomic E-state index is 13.8. The molecule has 5 aliphatic rings. The number of aromatic nitrogens is 2. The highest BCUT2D eigenvalue weighted by molar-refractivity contribution is 7.91. The van der Waals surface area contributed by atoms with Crippen LogP contribution in [0.1, 0.15) is 54.6 Å². The number of alkyl halides is 3. The van der Waals surface area contributed by atoms with Gasteiger partial charge in [-0.25, -0.2) is 18.4 Å². The molecule has 5 atom stereocenters. The second kappa shape index (κ2) is 7.79. The van der Waals surface area contributed by atoms with Crippen LogP contribution < -0.4 is 5.32 Å². The maximum Gasteiger partial charge on any atom is 0.434 e. The van der Waals surface area contributed by atoms with Crippen molar-refractivity contribution in [3.05, 3.63) is 17.5 Å². The van der Waals surface area contributed by atoms with Gasteiger partial charge in [0.05, 0.1) is 22.7 Å². The van der Waals surface area contributed by atoms with Gasteiger partial charge in [-0.15, -0.1) is 0 Å². The van der Waals surface area contributed by atoms with Crippen LogP contribution >= 0.6 is 0 Å². The Morgan fingerprint density at radius 1 is 1.18 bits per heavy atom. The molecule has 0 radical (unpaired) electrons. The third kappa shape index (κ3) is 4.43. The number of hydrogen-bond acceptors (Lipinski definition) is 7. The van der Waals surface area contributed by atoms with Crippen molar-refractivity contribution in [3.8, 4) is 0 Å². The smallest absolute Gasteiger partial charge is 0.390 e. The lowest BCUT2D eigenvalue weighted by Gasteiger charge is -2.47. The Kier molecular flexibility index (Phi) is 5.39. The monoisotopic (exact) mass is 488 g/mol. The fraction of sp³-hybridized carbons (Fsp3) is 0.762. The summed E-state index contributed by atoms with van der Waals surface area (Å²) in [6.07, 6.45) is 0.810. The standard InChI is InChI=1S/C21H27F3N4O4S/c22-21(23,24)17-15(18(29)28-3-5-33(31,32)6-4-28)11-25-19(27-17)26-16-13-1-2-20(30)9-12(7-13)8-14(16)10-20/h11-14,16,30H,1-10H2,(H,25,26,27)/t12?,13-,14-,16-,20-/m1/s1. The van der Waals surface area contributed by atoms with Gasteiger partial charge in [-0.1, -0.05) is 0 Å². The van der Waals surface area contributed by atoms with Crippen molar-refractivity contribution in [2.75, 3.05) is 29.9 Å². The SMILES string of the molecule is O=C(c1cnc(N[C@@H]2[C@@H]3CC[C@@]4(O)CC(C3)C[C@@H]2C4)nc1C(F)(F)F)N1CCS(=O)(=O)CC1. The van der Waals surface area contributed by atoms with Gasteiger partial charge in [0.2, 0.25) is 5.95 Å². The van der Waals surface area contributed by atoms with Crippen molar-refractivity contribution < 1.29 is 31.5 Å². The maximum absolute atomic E-state index is 13.8. The summed E-state index contributed by atoms with van der Waals surface area (Å²) in [6.45, 7) is -0.318. The van der Waals surface area contributed by atoms with Gasteiger partial charge in [0.1, 0.15) is 0 Å². The molecular weight excluding hydrogens is 461 g/mol. The van der Waals surface area contributed by atoms with Crippen LogP contribution in [0.2, 0.25) is 0 Å². The van der Waals surface area contributed by atoms with Crippen molar-refractivity contribution in [1.82, 2.24) is 14.9 Å². The van der Waals surface area contributed by atoms with E-state index in [0.29, 0.717) is 18.8 Å². The highest BCUT2D eigenvalue weighted by Gasteiger charge is 2.51. The van der Waals surface area contributed by atoms with E-state index in [4.69, 9.17) is 0 Å². The summed E-state index contributed by atoms with van der Waals surface area (Å²) in [5.41, 5.74) is -2.68. The van der Waals surface area contributed by atoms with Crippen molar-refractivity contribution in [3.63, 3.8) is 0 Å². The van der Waals surface area contributed by atoms with E-state index in [9.17, 15) is 31.5 Å². The first kappa shape index (κ1) is 22.8. The van der Waals surface area contributed by atoms with Crippen LogP contribution in [0, 0.1) is 17.8 Å². The average molecular weight is 489 g/mol. The Bertz CT molecular complexity index is 1050. The molecule has 1 unspecified atom stereocenters. The molecule has 4 aliphatic carbocycles. The van der Waals surface area contributed by atoms with Crippen LogP contribution in [0.3, 0.4) is 0 Å². The van der Waals surface area contributed by atoms with E-state index in [2.05, 4.69) is 15.3 Å². The third-order valence-electron chi connectivity index (χ3n) is 7.79.